The van der Waals surface area contributed by atoms with Gasteiger partial charge in [0.05, 0.1) is 5.02 Å². The lowest BCUT2D eigenvalue weighted by atomic mass is 10.2. The first kappa shape index (κ1) is 13.1. The van der Waals surface area contributed by atoms with Crippen molar-refractivity contribution in [2.45, 2.75) is 25.8 Å². The number of aryl methyl sites for hydroxylation is 1. The number of imidazole rings is 1. The molecular formula is C12H17ClN4O. The fraction of sp³-hybridized carbons (Fsp3) is 0.500. The second kappa shape index (κ2) is 6.02. The minimum atomic E-state index is 0.492. The maximum Gasteiger partial charge on any atom is 0.202 e. The van der Waals surface area contributed by atoms with Crippen molar-refractivity contribution in [3.05, 3.63) is 17.3 Å². The van der Waals surface area contributed by atoms with Crippen LogP contribution in [-0.2, 0) is 11.3 Å². The Morgan fingerprint density at radius 3 is 3.00 bits per heavy atom. The summed E-state index contributed by atoms with van der Waals surface area (Å²) >= 11 is 5.88. The molecule has 0 atom stereocenters. The molecule has 0 unspecified atom stereocenters. The zero-order chi connectivity index (χ0) is 13.0. The Morgan fingerprint density at radius 1 is 1.39 bits per heavy atom. The zero-order valence-electron chi connectivity index (χ0n) is 10.4. The molecule has 0 aliphatic rings. The van der Waals surface area contributed by atoms with Gasteiger partial charge in [-0.05, 0) is 25.3 Å². The predicted octanol–water partition coefficient (Wildman–Crippen LogP) is 2.48. The van der Waals surface area contributed by atoms with Crippen LogP contribution in [0.2, 0.25) is 5.02 Å². The number of ether oxygens (including phenoxy) is 1. The third-order valence-corrected chi connectivity index (χ3v) is 3.02. The van der Waals surface area contributed by atoms with Crippen molar-refractivity contribution in [3.63, 3.8) is 0 Å². The number of pyridine rings is 1. The molecule has 0 aromatic carbocycles. The van der Waals surface area contributed by atoms with Gasteiger partial charge in [-0.3, -0.25) is 4.57 Å². The van der Waals surface area contributed by atoms with E-state index in [-0.39, 0.29) is 0 Å². The van der Waals surface area contributed by atoms with Crippen molar-refractivity contribution in [1.82, 2.24) is 14.5 Å². The van der Waals surface area contributed by atoms with Crippen LogP contribution >= 0.6 is 11.6 Å². The number of nitrogen functional groups attached to an aromatic ring is 1. The highest BCUT2D eigenvalue weighted by Crippen LogP contribution is 2.19. The van der Waals surface area contributed by atoms with E-state index in [0.29, 0.717) is 11.0 Å². The van der Waals surface area contributed by atoms with Gasteiger partial charge in [0.2, 0.25) is 5.95 Å². The molecule has 0 bridgehead atoms. The number of hydrogen-bond donors (Lipinski definition) is 1. The lowest BCUT2D eigenvalue weighted by Crippen LogP contribution is -2.04. The second-order valence-corrected chi connectivity index (χ2v) is 4.61. The molecule has 0 aliphatic heterocycles. The molecular weight excluding hydrogens is 252 g/mol. The van der Waals surface area contributed by atoms with E-state index in [4.69, 9.17) is 22.1 Å². The van der Waals surface area contributed by atoms with Crippen LogP contribution < -0.4 is 5.73 Å². The minimum absolute atomic E-state index is 0.492. The first-order valence-electron chi connectivity index (χ1n) is 5.98. The van der Waals surface area contributed by atoms with Crippen LogP contribution in [0.4, 0.5) is 5.95 Å². The predicted molar refractivity (Wildman–Crippen MR) is 72.7 cm³/mol. The Kier molecular flexibility index (Phi) is 4.38. The number of nitrogens with two attached hydrogens (primary N) is 1. The average Bonchev–Trinajstić information content (AvgIpc) is 2.64. The second-order valence-electron chi connectivity index (χ2n) is 4.17. The van der Waals surface area contributed by atoms with E-state index in [1.165, 1.54) is 0 Å². The first-order chi connectivity index (χ1) is 8.72. The molecule has 98 valence electrons. The smallest absolute Gasteiger partial charge is 0.202 e. The maximum absolute atomic E-state index is 5.89. The van der Waals surface area contributed by atoms with E-state index >= 15 is 0 Å². The Balaban J connectivity index is 2.05. The van der Waals surface area contributed by atoms with Crippen molar-refractivity contribution in [1.29, 1.82) is 0 Å². The van der Waals surface area contributed by atoms with Gasteiger partial charge in [-0.2, -0.15) is 0 Å². The van der Waals surface area contributed by atoms with Gasteiger partial charge in [-0.15, -0.1) is 0 Å². The van der Waals surface area contributed by atoms with Crippen LogP contribution in [0.15, 0.2) is 12.3 Å². The average molecular weight is 269 g/mol. The fourth-order valence-corrected chi connectivity index (χ4v) is 2.07. The first-order valence-corrected chi connectivity index (χ1v) is 6.36. The number of rotatable bonds is 6. The summed E-state index contributed by atoms with van der Waals surface area (Å²) in [5.41, 5.74) is 7.43. The lowest BCUT2D eigenvalue weighted by Gasteiger charge is -2.05. The molecule has 0 radical (unpaired) electrons. The lowest BCUT2D eigenvalue weighted by molar-refractivity contribution is 0.191. The van der Waals surface area contributed by atoms with Gasteiger partial charge in [-0.1, -0.05) is 11.6 Å². The molecule has 0 amide bonds. The highest BCUT2D eigenvalue weighted by atomic mass is 35.5. The van der Waals surface area contributed by atoms with Gasteiger partial charge >= 0.3 is 0 Å². The number of halogens is 1. The highest BCUT2D eigenvalue weighted by Gasteiger charge is 2.09. The van der Waals surface area contributed by atoms with Crippen molar-refractivity contribution >= 4 is 28.7 Å². The highest BCUT2D eigenvalue weighted by molar-refractivity contribution is 6.31. The van der Waals surface area contributed by atoms with Crippen LogP contribution in [-0.4, -0.2) is 28.3 Å². The molecule has 0 saturated heterocycles. The van der Waals surface area contributed by atoms with Crippen LogP contribution in [0, 0.1) is 0 Å². The summed E-state index contributed by atoms with van der Waals surface area (Å²) in [4.78, 5) is 8.54. The van der Waals surface area contributed by atoms with Crippen molar-refractivity contribution < 1.29 is 4.74 Å². The van der Waals surface area contributed by atoms with Crippen LogP contribution in [0.1, 0.15) is 19.3 Å². The molecule has 0 fully saturated rings. The van der Waals surface area contributed by atoms with E-state index in [9.17, 15) is 0 Å². The topological polar surface area (TPSA) is 66.0 Å². The Bertz CT molecular complexity index is 526. The van der Waals surface area contributed by atoms with Crippen molar-refractivity contribution in [2.24, 2.45) is 0 Å². The Morgan fingerprint density at radius 2 is 2.22 bits per heavy atom. The Hall–Kier alpha value is -1.33. The number of aromatic nitrogens is 3. The molecule has 6 heteroatoms. The van der Waals surface area contributed by atoms with E-state index in [2.05, 4.69) is 9.97 Å². The normalized spacial score (nSPS) is 11.2. The fourth-order valence-electron chi connectivity index (χ4n) is 1.92. The van der Waals surface area contributed by atoms with Gasteiger partial charge in [0.25, 0.3) is 0 Å². The molecule has 18 heavy (non-hydrogen) atoms. The van der Waals surface area contributed by atoms with Gasteiger partial charge in [0.1, 0.15) is 5.52 Å². The van der Waals surface area contributed by atoms with Gasteiger partial charge in [-0.25, -0.2) is 9.97 Å². The molecule has 2 aromatic heterocycles. The third-order valence-electron chi connectivity index (χ3n) is 2.81. The molecule has 2 aromatic rings. The molecule has 2 N–H and O–H groups in total. The minimum Gasteiger partial charge on any atom is -0.385 e. The number of methoxy groups -OCH3 is 1. The summed E-state index contributed by atoms with van der Waals surface area (Å²) < 4.78 is 6.94. The van der Waals surface area contributed by atoms with Crippen molar-refractivity contribution in [2.75, 3.05) is 19.5 Å². The standard InChI is InChI=1S/C12H17ClN4O/c1-18-6-4-2-3-5-17-11-10(16-12(17)14)7-9(13)8-15-11/h7-8H,2-6H2,1H3,(H2,14,16). The van der Waals surface area contributed by atoms with Crippen LogP contribution in [0.3, 0.4) is 0 Å². The van der Waals surface area contributed by atoms with E-state index < -0.39 is 0 Å². The summed E-state index contributed by atoms with van der Waals surface area (Å²) in [5.74, 6) is 0.492. The number of nitrogens with zero attached hydrogens (tertiary/aromatic N) is 3. The number of anilines is 1. The van der Waals surface area contributed by atoms with E-state index in [0.717, 1.165) is 43.6 Å². The van der Waals surface area contributed by atoms with Crippen LogP contribution in [0.5, 0.6) is 0 Å². The molecule has 2 rings (SSSR count). The number of fused-ring (bicyclic) bond motifs is 1. The van der Waals surface area contributed by atoms with Gasteiger partial charge < -0.3 is 10.5 Å². The monoisotopic (exact) mass is 268 g/mol. The quantitative estimate of drug-likeness (QED) is 0.818. The van der Waals surface area contributed by atoms with E-state index in [1.54, 1.807) is 19.4 Å². The molecule has 0 spiro atoms. The summed E-state index contributed by atoms with van der Waals surface area (Å²) in [6.07, 6.45) is 4.80. The molecule has 0 saturated carbocycles. The summed E-state index contributed by atoms with van der Waals surface area (Å²) in [6.45, 7) is 1.62. The number of hydrogen-bond acceptors (Lipinski definition) is 4. The van der Waals surface area contributed by atoms with Gasteiger partial charge in [0.15, 0.2) is 5.65 Å². The largest absolute Gasteiger partial charge is 0.385 e. The molecule has 2 heterocycles. The summed E-state index contributed by atoms with van der Waals surface area (Å²) in [7, 11) is 1.72. The summed E-state index contributed by atoms with van der Waals surface area (Å²) in [6, 6.07) is 1.78. The Labute approximate surface area is 111 Å². The molecule has 5 nitrogen and oxygen atoms in total. The summed E-state index contributed by atoms with van der Waals surface area (Å²) in [5, 5.41) is 0.576. The third kappa shape index (κ3) is 2.91. The van der Waals surface area contributed by atoms with Crippen molar-refractivity contribution in [3.8, 4) is 0 Å². The van der Waals surface area contributed by atoms with Crippen LogP contribution in [0.25, 0.3) is 11.2 Å². The molecule has 0 aliphatic carbocycles. The SMILES string of the molecule is COCCCCCn1c(N)nc2cc(Cl)cnc21. The van der Waals surface area contributed by atoms with E-state index in [1.807, 2.05) is 4.57 Å². The number of unbranched alkanes of at least 4 members (excludes halogenated alkanes) is 2. The zero-order valence-corrected chi connectivity index (χ0v) is 11.2. The van der Waals surface area contributed by atoms with Gasteiger partial charge in [0, 0.05) is 26.5 Å². The maximum atomic E-state index is 5.89.